The van der Waals surface area contributed by atoms with Gasteiger partial charge in [0.25, 0.3) is 0 Å². The zero-order chi connectivity index (χ0) is 17.7. The summed E-state index contributed by atoms with van der Waals surface area (Å²) in [6, 6.07) is 13.8. The lowest BCUT2D eigenvalue weighted by molar-refractivity contribution is 0.321. The number of aromatic nitrogens is 1. The van der Waals surface area contributed by atoms with Gasteiger partial charge in [-0.1, -0.05) is 12.1 Å². The van der Waals surface area contributed by atoms with Crippen molar-refractivity contribution in [2.45, 2.75) is 22.6 Å². The lowest BCUT2D eigenvalue weighted by Gasteiger charge is -2.17. The summed E-state index contributed by atoms with van der Waals surface area (Å²) in [7, 11) is -3.25. The van der Waals surface area contributed by atoms with Crippen molar-refractivity contribution in [1.29, 1.82) is 0 Å². The molecule has 1 saturated heterocycles. The summed E-state index contributed by atoms with van der Waals surface area (Å²) in [5, 5.41) is 3.82. The highest BCUT2D eigenvalue weighted by atomic mass is 32.2. The van der Waals surface area contributed by atoms with E-state index >= 15 is 0 Å². The molecule has 2 aliphatic rings. The minimum Gasteiger partial charge on any atom is -0.296 e. The Kier molecular flexibility index (Phi) is 3.74. The maximum atomic E-state index is 13.0. The maximum absolute atomic E-state index is 13.0. The number of nitrogens with zero attached hydrogens (tertiary/aromatic N) is 2. The molecule has 0 saturated carbocycles. The third kappa shape index (κ3) is 2.52. The molecule has 1 aromatic carbocycles. The first-order chi connectivity index (χ1) is 12.6. The first-order valence-electron chi connectivity index (χ1n) is 8.65. The van der Waals surface area contributed by atoms with Crippen molar-refractivity contribution in [1.82, 2.24) is 9.88 Å². The van der Waals surface area contributed by atoms with Crippen LogP contribution in [-0.4, -0.2) is 36.6 Å². The minimum absolute atomic E-state index is 0.0531. The number of hydrogen-bond acceptors (Lipinski definition) is 5. The molecular formula is C20H18N2O2S2. The largest absolute Gasteiger partial charge is 0.296 e. The van der Waals surface area contributed by atoms with Crippen molar-refractivity contribution >= 4 is 21.2 Å². The van der Waals surface area contributed by atoms with Crippen LogP contribution in [0.25, 0.3) is 11.1 Å². The summed E-state index contributed by atoms with van der Waals surface area (Å²) in [5.74, 6) is 0.0531. The van der Waals surface area contributed by atoms with E-state index in [0.717, 1.165) is 28.9 Å². The van der Waals surface area contributed by atoms with Crippen LogP contribution < -0.4 is 0 Å². The van der Waals surface area contributed by atoms with Crippen LogP contribution in [0.1, 0.15) is 17.2 Å². The van der Waals surface area contributed by atoms with E-state index in [9.17, 15) is 8.42 Å². The standard InChI is InChI=1S/C20H18N2O2S2/c23-26(24)19-5-4-14(15-6-8-25-13-15)9-17(19)18-11-22(12-20(18)26)10-16-3-1-2-7-21-16/h1-9,13,18,20H,10-12H2/t18-,20-/m1/s1. The first kappa shape index (κ1) is 16.2. The van der Waals surface area contributed by atoms with Gasteiger partial charge in [0.05, 0.1) is 15.8 Å². The van der Waals surface area contributed by atoms with Crippen LogP contribution in [0.3, 0.4) is 0 Å². The number of sulfone groups is 1. The summed E-state index contributed by atoms with van der Waals surface area (Å²) >= 11 is 1.66. The Bertz CT molecular complexity index is 1050. The molecule has 5 rings (SSSR count). The van der Waals surface area contributed by atoms with Crippen LogP contribution in [0.15, 0.2) is 64.3 Å². The average molecular weight is 383 g/mol. The van der Waals surface area contributed by atoms with Crippen LogP contribution in [-0.2, 0) is 16.4 Å². The first-order valence-corrected chi connectivity index (χ1v) is 11.1. The third-order valence-electron chi connectivity index (χ3n) is 5.42. The van der Waals surface area contributed by atoms with E-state index < -0.39 is 9.84 Å². The fourth-order valence-electron chi connectivity index (χ4n) is 4.18. The third-order valence-corrected chi connectivity index (χ3v) is 8.37. The normalized spacial score (nSPS) is 23.7. The Morgan fingerprint density at radius 3 is 2.81 bits per heavy atom. The quantitative estimate of drug-likeness (QED) is 0.695. The summed E-state index contributed by atoms with van der Waals surface area (Å²) in [5.41, 5.74) is 4.23. The smallest absolute Gasteiger partial charge is 0.183 e. The maximum Gasteiger partial charge on any atom is 0.183 e. The van der Waals surface area contributed by atoms with Gasteiger partial charge in [-0.15, -0.1) is 0 Å². The molecule has 0 bridgehead atoms. The second kappa shape index (κ2) is 6.01. The van der Waals surface area contributed by atoms with Crippen LogP contribution in [0.4, 0.5) is 0 Å². The molecule has 4 nitrogen and oxygen atoms in total. The number of thiophene rings is 1. The van der Waals surface area contributed by atoms with Gasteiger partial charge in [0, 0.05) is 31.7 Å². The van der Waals surface area contributed by atoms with E-state index in [1.165, 1.54) is 0 Å². The molecule has 0 spiro atoms. The zero-order valence-corrected chi connectivity index (χ0v) is 15.7. The molecule has 2 aromatic heterocycles. The highest BCUT2D eigenvalue weighted by Crippen LogP contribution is 2.46. The van der Waals surface area contributed by atoms with E-state index in [-0.39, 0.29) is 11.2 Å². The van der Waals surface area contributed by atoms with E-state index in [1.54, 1.807) is 23.6 Å². The second-order valence-electron chi connectivity index (χ2n) is 6.97. The van der Waals surface area contributed by atoms with Gasteiger partial charge < -0.3 is 0 Å². The van der Waals surface area contributed by atoms with E-state index in [2.05, 4.69) is 27.4 Å². The fraction of sp³-hybridized carbons (Fsp3) is 0.250. The molecule has 132 valence electrons. The SMILES string of the molecule is O=S1(=O)c2ccc(-c3ccsc3)cc2[C@H]2CN(Cc3ccccn3)C[C@H]21. The van der Waals surface area contributed by atoms with Crippen molar-refractivity contribution in [3.05, 3.63) is 70.7 Å². The summed E-state index contributed by atoms with van der Waals surface area (Å²) in [4.78, 5) is 7.12. The molecule has 0 amide bonds. The second-order valence-corrected chi connectivity index (χ2v) is 9.89. The van der Waals surface area contributed by atoms with Crippen LogP contribution in [0, 0.1) is 0 Å². The molecular weight excluding hydrogens is 364 g/mol. The predicted octanol–water partition coefficient (Wildman–Crippen LogP) is 3.57. The van der Waals surface area contributed by atoms with Crippen molar-refractivity contribution in [2.75, 3.05) is 13.1 Å². The molecule has 0 aliphatic carbocycles. The van der Waals surface area contributed by atoms with E-state index in [0.29, 0.717) is 18.0 Å². The fourth-order valence-corrected chi connectivity index (χ4v) is 7.04. The number of likely N-dealkylation sites (tertiary alicyclic amines) is 1. The van der Waals surface area contributed by atoms with Gasteiger partial charge in [0.1, 0.15) is 0 Å². The number of pyridine rings is 1. The van der Waals surface area contributed by atoms with Gasteiger partial charge in [-0.2, -0.15) is 11.3 Å². The summed E-state index contributed by atoms with van der Waals surface area (Å²) < 4.78 is 26.0. The predicted molar refractivity (Wildman–Crippen MR) is 103 cm³/mol. The lowest BCUT2D eigenvalue weighted by Crippen LogP contribution is -2.26. The summed E-state index contributed by atoms with van der Waals surface area (Å²) in [6.07, 6.45) is 1.78. The van der Waals surface area contributed by atoms with Crippen LogP contribution >= 0.6 is 11.3 Å². The molecule has 6 heteroatoms. The molecule has 1 fully saturated rings. The van der Waals surface area contributed by atoms with Crippen LogP contribution in [0.5, 0.6) is 0 Å². The Morgan fingerprint density at radius 1 is 1.12 bits per heavy atom. The van der Waals surface area contributed by atoms with Crippen molar-refractivity contribution in [2.24, 2.45) is 0 Å². The van der Waals surface area contributed by atoms with Crippen LogP contribution in [0.2, 0.25) is 0 Å². The van der Waals surface area contributed by atoms with Gasteiger partial charge >= 0.3 is 0 Å². The molecule has 0 unspecified atom stereocenters. The average Bonchev–Trinajstić information content (AvgIpc) is 3.35. The lowest BCUT2D eigenvalue weighted by atomic mass is 9.95. The molecule has 2 atom stereocenters. The van der Waals surface area contributed by atoms with Gasteiger partial charge in [0.15, 0.2) is 9.84 Å². The van der Waals surface area contributed by atoms with Gasteiger partial charge in [-0.3, -0.25) is 9.88 Å². The van der Waals surface area contributed by atoms with Gasteiger partial charge in [-0.05, 0) is 57.8 Å². The van der Waals surface area contributed by atoms with E-state index in [1.807, 2.05) is 29.6 Å². The Hall–Kier alpha value is -2.02. The Morgan fingerprint density at radius 2 is 2.04 bits per heavy atom. The number of fused-ring (bicyclic) bond motifs is 3. The number of rotatable bonds is 3. The highest BCUT2D eigenvalue weighted by molar-refractivity contribution is 7.92. The molecule has 2 aliphatic heterocycles. The van der Waals surface area contributed by atoms with Gasteiger partial charge in [-0.25, -0.2) is 8.42 Å². The van der Waals surface area contributed by atoms with E-state index in [4.69, 9.17) is 0 Å². The zero-order valence-electron chi connectivity index (χ0n) is 14.1. The molecule has 26 heavy (non-hydrogen) atoms. The Labute approximate surface area is 157 Å². The topological polar surface area (TPSA) is 50.3 Å². The number of benzene rings is 1. The molecule has 0 N–H and O–H groups in total. The van der Waals surface area contributed by atoms with Crippen molar-refractivity contribution in [3.63, 3.8) is 0 Å². The van der Waals surface area contributed by atoms with Crippen molar-refractivity contribution in [3.8, 4) is 11.1 Å². The summed E-state index contributed by atoms with van der Waals surface area (Å²) in [6.45, 7) is 2.04. The Balaban J connectivity index is 1.49. The molecule has 3 aromatic rings. The van der Waals surface area contributed by atoms with Gasteiger partial charge in [0.2, 0.25) is 0 Å². The monoisotopic (exact) mass is 382 g/mol. The highest BCUT2D eigenvalue weighted by Gasteiger charge is 2.50. The minimum atomic E-state index is -3.25. The molecule has 0 radical (unpaired) electrons. The number of hydrogen-bond donors (Lipinski definition) is 0. The van der Waals surface area contributed by atoms with Crippen molar-refractivity contribution < 1.29 is 8.42 Å². The molecule has 4 heterocycles.